The van der Waals surface area contributed by atoms with Crippen LogP contribution in [0.15, 0.2) is 29.6 Å². The molecular formula is C24H30N4O6S. The number of hydrogen-bond acceptors (Lipinski definition) is 8. The molecule has 0 aliphatic carbocycles. The standard InChI is InChI=1S/C24H30N4O6S/c1-5-14(3)20(21(30)27-23-25-17(13-35-23)18(29)6-2)28-22(31)19(26-24(28)32)15-7-9-16(10-8-15)34-12-11-33-4/h7-10,13-14,19-20H,5-6,11-12H2,1-4H3,(H,26,32)(H,25,27,30)/t14-,19+,20-/m0/s1. The van der Waals surface area contributed by atoms with Gasteiger partial charge in [0.1, 0.15) is 30.1 Å². The molecule has 3 rings (SSSR count). The Bertz CT molecular complexity index is 1070. The fraction of sp³-hybridized carbons (Fsp3) is 0.458. The molecule has 0 bridgehead atoms. The van der Waals surface area contributed by atoms with Gasteiger partial charge in [0.15, 0.2) is 10.9 Å². The Labute approximate surface area is 208 Å². The molecule has 2 heterocycles. The van der Waals surface area contributed by atoms with Crippen molar-refractivity contribution in [2.24, 2.45) is 5.92 Å². The van der Waals surface area contributed by atoms with E-state index >= 15 is 0 Å². The maximum Gasteiger partial charge on any atom is 0.325 e. The number of imide groups is 1. The summed E-state index contributed by atoms with van der Waals surface area (Å²) in [6.45, 7) is 6.25. The molecule has 1 aromatic heterocycles. The van der Waals surface area contributed by atoms with Gasteiger partial charge in [-0.05, 0) is 23.6 Å². The lowest BCUT2D eigenvalue weighted by Gasteiger charge is -2.28. The molecule has 1 aromatic carbocycles. The Morgan fingerprint density at radius 1 is 1.20 bits per heavy atom. The van der Waals surface area contributed by atoms with Gasteiger partial charge in [-0.2, -0.15) is 0 Å². The minimum atomic E-state index is -1.04. The summed E-state index contributed by atoms with van der Waals surface area (Å²) in [6.07, 6.45) is 0.863. The lowest BCUT2D eigenvalue weighted by atomic mass is 9.96. The van der Waals surface area contributed by atoms with Crippen LogP contribution in [0, 0.1) is 5.92 Å². The van der Waals surface area contributed by atoms with E-state index in [-0.39, 0.29) is 22.5 Å². The van der Waals surface area contributed by atoms with Gasteiger partial charge in [-0.15, -0.1) is 11.3 Å². The molecule has 2 aromatic rings. The number of rotatable bonds is 12. The summed E-state index contributed by atoms with van der Waals surface area (Å²) >= 11 is 1.12. The van der Waals surface area contributed by atoms with Crippen molar-refractivity contribution in [1.82, 2.24) is 15.2 Å². The summed E-state index contributed by atoms with van der Waals surface area (Å²) in [5, 5.41) is 7.18. The molecule has 188 valence electrons. The van der Waals surface area contributed by atoms with Gasteiger partial charge in [0.25, 0.3) is 5.91 Å². The Morgan fingerprint density at radius 3 is 2.54 bits per heavy atom. The summed E-state index contributed by atoms with van der Waals surface area (Å²) in [7, 11) is 1.58. The number of Topliss-reactive ketones (excluding diaryl/α,β-unsaturated/α-hetero) is 1. The highest BCUT2D eigenvalue weighted by molar-refractivity contribution is 7.14. The van der Waals surface area contributed by atoms with E-state index in [1.165, 1.54) is 0 Å². The normalized spacial score (nSPS) is 17.1. The quantitative estimate of drug-likeness (QED) is 0.259. The van der Waals surface area contributed by atoms with Gasteiger partial charge in [-0.25, -0.2) is 14.7 Å². The number of benzene rings is 1. The molecule has 1 aliphatic heterocycles. The zero-order valence-corrected chi connectivity index (χ0v) is 21.0. The van der Waals surface area contributed by atoms with E-state index in [1.807, 2.05) is 6.92 Å². The number of thiazole rings is 1. The number of amides is 4. The smallest absolute Gasteiger partial charge is 0.325 e. The second-order valence-corrected chi connectivity index (χ2v) is 8.99. The predicted molar refractivity (Wildman–Crippen MR) is 131 cm³/mol. The fourth-order valence-corrected chi connectivity index (χ4v) is 4.37. The number of nitrogens with zero attached hydrogens (tertiary/aromatic N) is 2. The van der Waals surface area contributed by atoms with Crippen molar-refractivity contribution in [3.8, 4) is 5.75 Å². The first kappa shape index (κ1) is 26.3. The van der Waals surface area contributed by atoms with Crippen LogP contribution in [-0.4, -0.2) is 59.9 Å². The van der Waals surface area contributed by atoms with Crippen LogP contribution >= 0.6 is 11.3 Å². The highest BCUT2D eigenvalue weighted by Gasteiger charge is 2.47. The van der Waals surface area contributed by atoms with Crippen molar-refractivity contribution >= 4 is 40.1 Å². The molecule has 1 aliphatic rings. The lowest BCUT2D eigenvalue weighted by molar-refractivity contribution is -0.135. The number of aromatic nitrogens is 1. The molecule has 0 spiro atoms. The number of urea groups is 1. The van der Waals surface area contributed by atoms with Crippen molar-refractivity contribution in [3.05, 3.63) is 40.9 Å². The predicted octanol–water partition coefficient (Wildman–Crippen LogP) is 3.41. The summed E-state index contributed by atoms with van der Waals surface area (Å²) in [4.78, 5) is 56.4. The number of ketones is 1. The van der Waals surface area contributed by atoms with E-state index in [0.717, 1.165) is 16.2 Å². The molecule has 35 heavy (non-hydrogen) atoms. The highest BCUT2D eigenvalue weighted by atomic mass is 32.1. The molecule has 2 N–H and O–H groups in total. The Morgan fingerprint density at radius 2 is 1.91 bits per heavy atom. The average molecular weight is 503 g/mol. The lowest BCUT2D eigenvalue weighted by Crippen LogP contribution is -2.51. The number of anilines is 1. The molecule has 0 saturated carbocycles. The van der Waals surface area contributed by atoms with Gasteiger partial charge in [-0.3, -0.25) is 14.4 Å². The number of hydrogen-bond donors (Lipinski definition) is 2. The summed E-state index contributed by atoms with van der Waals surface area (Å²) in [5.74, 6) is -0.871. The second kappa shape index (κ2) is 11.9. The molecular weight excluding hydrogens is 472 g/mol. The van der Waals surface area contributed by atoms with E-state index in [0.29, 0.717) is 37.4 Å². The maximum absolute atomic E-state index is 13.3. The van der Waals surface area contributed by atoms with Crippen molar-refractivity contribution < 1.29 is 28.7 Å². The molecule has 3 atom stereocenters. The second-order valence-electron chi connectivity index (χ2n) is 8.14. The number of methoxy groups -OCH3 is 1. The van der Waals surface area contributed by atoms with E-state index in [2.05, 4.69) is 15.6 Å². The van der Waals surface area contributed by atoms with Gasteiger partial charge in [0.2, 0.25) is 5.91 Å². The molecule has 11 heteroatoms. The molecule has 0 radical (unpaired) electrons. The number of ether oxygens (including phenoxy) is 2. The van der Waals surface area contributed by atoms with E-state index in [4.69, 9.17) is 9.47 Å². The Kier molecular flexibility index (Phi) is 8.94. The first-order chi connectivity index (χ1) is 16.8. The topological polar surface area (TPSA) is 127 Å². The Balaban J connectivity index is 1.77. The van der Waals surface area contributed by atoms with Crippen LogP contribution in [0.3, 0.4) is 0 Å². The van der Waals surface area contributed by atoms with Crippen LogP contribution in [0.2, 0.25) is 0 Å². The highest BCUT2D eigenvalue weighted by Crippen LogP contribution is 2.29. The van der Waals surface area contributed by atoms with Crippen molar-refractivity contribution in [2.75, 3.05) is 25.6 Å². The van der Waals surface area contributed by atoms with Crippen molar-refractivity contribution in [1.29, 1.82) is 0 Å². The first-order valence-corrected chi connectivity index (χ1v) is 12.3. The molecule has 4 amide bonds. The maximum atomic E-state index is 13.3. The van der Waals surface area contributed by atoms with Crippen LogP contribution in [0.25, 0.3) is 0 Å². The van der Waals surface area contributed by atoms with Crippen LogP contribution in [0.5, 0.6) is 5.75 Å². The molecule has 10 nitrogen and oxygen atoms in total. The van der Waals surface area contributed by atoms with Gasteiger partial charge in [-0.1, -0.05) is 39.3 Å². The molecule has 0 unspecified atom stereocenters. The third-order valence-electron chi connectivity index (χ3n) is 5.81. The third-order valence-corrected chi connectivity index (χ3v) is 6.57. The largest absolute Gasteiger partial charge is 0.491 e. The van der Waals surface area contributed by atoms with E-state index in [9.17, 15) is 19.2 Å². The average Bonchev–Trinajstić information content (AvgIpc) is 3.44. The van der Waals surface area contributed by atoms with Crippen molar-refractivity contribution in [2.45, 2.75) is 45.7 Å². The SMILES string of the molecule is CCC(=O)c1csc(NC(=O)[C@H]([C@@H](C)CC)N2C(=O)N[C@H](c3ccc(OCCOC)cc3)C2=O)n1. The Hall–Kier alpha value is -3.31. The third kappa shape index (κ3) is 6.04. The van der Waals surface area contributed by atoms with Gasteiger partial charge < -0.3 is 20.1 Å². The summed E-state index contributed by atoms with van der Waals surface area (Å²) < 4.78 is 10.5. The fourth-order valence-electron chi connectivity index (χ4n) is 3.66. The zero-order valence-electron chi connectivity index (χ0n) is 20.2. The number of carbonyl (C=O) groups is 4. The minimum Gasteiger partial charge on any atom is -0.491 e. The zero-order chi connectivity index (χ0) is 25.5. The van der Waals surface area contributed by atoms with Gasteiger partial charge in [0.05, 0.1) is 6.61 Å². The van der Waals surface area contributed by atoms with Gasteiger partial charge >= 0.3 is 6.03 Å². The molecule has 1 saturated heterocycles. The minimum absolute atomic E-state index is 0.132. The number of carbonyl (C=O) groups excluding carboxylic acids is 4. The van der Waals surface area contributed by atoms with Crippen LogP contribution in [0.4, 0.5) is 9.93 Å². The summed E-state index contributed by atoms with van der Waals surface area (Å²) in [6, 6.07) is 4.24. The van der Waals surface area contributed by atoms with Crippen LogP contribution < -0.4 is 15.4 Å². The van der Waals surface area contributed by atoms with Gasteiger partial charge in [0, 0.05) is 18.9 Å². The molecule has 1 fully saturated rings. The first-order valence-electron chi connectivity index (χ1n) is 11.5. The van der Waals surface area contributed by atoms with E-state index < -0.39 is 29.9 Å². The van der Waals surface area contributed by atoms with Crippen molar-refractivity contribution in [3.63, 3.8) is 0 Å². The monoisotopic (exact) mass is 502 g/mol. The van der Waals surface area contributed by atoms with E-state index in [1.54, 1.807) is 50.6 Å². The van der Waals surface area contributed by atoms with Crippen LogP contribution in [0.1, 0.15) is 55.7 Å². The summed E-state index contributed by atoms with van der Waals surface area (Å²) in [5.41, 5.74) is 0.855. The van der Waals surface area contributed by atoms with Crippen LogP contribution in [-0.2, 0) is 14.3 Å². The number of nitrogens with one attached hydrogen (secondary N) is 2.